The quantitative estimate of drug-likeness (QED) is 0.318. The Morgan fingerprint density at radius 3 is 2.85 bits per heavy atom. The molecule has 0 saturated carbocycles. The maximum absolute atomic E-state index is 5.26. The lowest BCUT2D eigenvalue weighted by atomic mass is 9.93. The van der Waals surface area contributed by atoms with Gasteiger partial charge in [-0.1, -0.05) is 38.7 Å². The molecule has 1 rings (SSSR count). The van der Waals surface area contributed by atoms with Crippen molar-refractivity contribution in [2.45, 2.75) is 51.6 Å². The number of rotatable bonds is 8. The second-order valence-electron chi connectivity index (χ2n) is 4.08. The van der Waals surface area contributed by atoms with Crippen LogP contribution in [0.25, 0.3) is 0 Å². The molecule has 0 aromatic heterocycles. The van der Waals surface area contributed by atoms with Crippen molar-refractivity contribution >= 4 is 0 Å². The number of unbranched alkanes of at least 4 members (excludes halogenated alkanes) is 2. The van der Waals surface area contributed by atoms with Crippen LogP contribution in [-0.4, -0.2) is 12.7 Å². The van der Waals surface area contributed by atoms with Gasteiger partial charge in [-0.25, -0.2) is 0 Å². The molecule has 0 aliphatic carbocycles. The van der Waals surface area contributed by atoms with E-state index in [0.717, 1.165) is 12.5 Å². The minimum absolute atomic E-state index is 0.589. The summed E-state index contributed by atoms with van der Waals surface area (Å²) < 4.78 is 5.26. The van der Waals surface area contributed by atoms with Crippen LogP contribution < -0.4 is 0 Å². The van der Waals surface area contributed by atoms with E-state index >= 15 is 0 Å². The number of hydrogen-bond acceptors (Lipinski definition) is 1. The molecule has 2 unspecified atom stereocenters. The first kappa shape index (κ1) is 10.8. The number of allylic oxidation sites excluding steroid dienone is 1. The maximum atomic E-state index is 5.26. The standard InChI is InChI=1S/C12H22O/c1-3-5-6-8-11(7-4-2)9-12-10-13-12/h4,11-12H,2-3,5-10H2,1H3. The van der Waals surface area contributed by atoms with Gasteiger partial charge in [0.15, 0.2) is 0 Å². The first-order valence-corrected chi connectivity index (χ1v) is 5.59. The van der Waals surface area contributed by atoms with E-state index in [4.69, 9.17) is 4.74 Å². The van der Waals surface area contributed by atoms with Gasteiger partial charge in [0.05, 0.1) is 12.7 Å². The Labute approximate surface area is 82.2 Å². The summed E-state index contributed by atoms with van der Waals surface area (Å²) in [5, 5.41) is 0. The van der Waals surface area contributed by atoms with Crippen LogP contribution in [0.15, 0.2) is 12.7 Å². The van der Waals surface area contributed by atoms with E-state index < -0.39 is 0 Å². The van der Waals surface area contributed by atoms with E-state index in [1.807, 2.05) is 0 Å². The fourth-order valence-corrected chi connectivity index (χ4v) is 1.83. The Hall–Kier alpha value is -0.300. The lowest BCUT2D eigenvalue weighted by Gasteiger charge is -2.12. The SMILES string of the molecule is C=CCC(CCCCC)CC1CO1. The topological polar surface area (TPSA) is 12.5 Å². The third-order valence-corrected chi connectivity index (χ3v) is 2.71. The van der Waals surface area contributed by atoms with Crippen LogP contribution in [0.4, 0.5) is 0 Å². The summed E-state index contributed by atoms with van der Waals surface area (Å²) in [4.78, 5) is 0. The Morgan fingerprint density at radius 2 is 2.31 bits per heavy atom. The van der Waals surface area contributed by atoms with Crippen LogP contribution in [0.3, 0.4) is 0 Å². The summed E-state index contributed by atoms with van der Waals surface area (Å²) in [6.07, 6.45) is 10.5. The number of ether oxygens (including phenoxy) is 1. The molecular weight excluding hydrogens is 160 g/mol. The molecular formula is C12H22O. The van der Waals surface area contributed by atoms with E-state index in [9.17, 15) is 0 Å². The molecule has 1 fully saturated rings. The number of epoxide rings is 1. The molecule has 0 amide bonds. The van der Waals surface area contributed by atoms with Crippen LogP contribution in [0.5, 0.6) is 0 Å². The lowest BCUT2D eigenvalue weighted by Crippen LogP contribution is -2.03. The van der Waals surface area contributed by atoms with E-state index in [0.29, 0.717) is 6.10 Å². The Balaban J connectivity index is 2.07. The summed E-state index contributed by atoms with van der Waals surface area (Å²) in [6.45, 7) is 7.07. The average molecular weight is 182 g/mol. The zero-order valence-electron chi connectivity index (χ0n) is 8.80. The molecule has 1 heterocycles. The molecule has 76 valence electrons. The largest absolute Gasteiger partial charge is 0.373 e. The molecule has 1 heteroatoms. The van der Waals surface area contributed by atoms with Gasteiger partial charge in [0.25, 0.3) is 0 Å². The second-order valence-corrected chi connectivity index (χ2v) is 4.08. The Kier molecular flexibility index (Phi) is 5.14. The summed E-state index contributed by atoms with van der Waals surface area (Å²) in [5.41, 5.74) is 0. The molecule has 0 bridgehead atoms. The Bertz CT molecular complexity index is 138. The van der Waals surface area contributed by atoms with E-state index in [-0.39, 0.29) is 0 Å². The summed E-state index contributed by atoms with van der Waals surface area (Å²) >= 11 is 0. The fraction of sp³-hybridized carbons (Fsp3) is 0.833. The van der Waals surface area contributed by atoms with Gasteiger partial charge < -0.3 is 4.74 Å². The highest BCUT2D eigenvalue weighted by atomic mass is 16.6. The molecule has 0 N–H and O–H groups in total. The normalized spacial score (nSPS) is 22.7. The first-order valence-electron chi connectivity index (χ1n) is 5.59. The van der Waals surface area contributed by atoms with E-state index in [2.05, 4.69) is 19.6 Å². The molecule has 1 nitrogen and oxygen atoms in total. The van der Waals surface area contributed by atoms with Crippen molar-refractivity contribution in [3.05, 3.63) is 12.7 Å². The van der Waals surface area contributed by atoms with Crippen LogP contribution in [0.2, 0.25) is 0 Å². The van der Waals surface area contributed by atoms with Gasteiger partial charge in [0.1, 0.15) is 0 Å². The molecule has 2 atom stereocenters. The van der Waals surface area contributed by atoms with Crippen LogP contribution in [0.1, 0.15) is 45.4 Å². The first-order chi connectivity index (χ1) is 6.36. The third kappa shape index (κ3) is 5.09. The minimum atomic E-state index is 0.589. The van der Waals surface area contributed by atoms with Gasteiger partial charge in [-0.3, -0.25) is 0 Å². The van der Waals surface area contributed by atoms with Crippen molar-refractivity contribution in [3.8, 4) is 0 Å². The highest BCUT2D eigenvalue weighted by molar-refractivity contribution is 4.79. The monoisotopic (exact) mass is 182 g/mol. The molecule has 0 aromatic carbocycles. The van der Waals surface area contributed by atoms with Gasteiger partial charge in [0, 0.05) is 0 Å². The zero-order chi connectivity index (χ0) is 9.52. The van der Waals surface area contributed by atoms with E-state index in [1.54, 1.807) is 0 Å². The van der Waals surface area contributed by atoms with Crippen molar-refractivity contribution in [3.63, 3.8) is 0 Å². The van der Waals surface area contributed by atoms with Gasteiger partial charge in [-0.2, -0.15) is 0 Å². The molecule has 0 radical (unpaired) electrons. The third-order valence-electron chi connectivity index (χ3n) is 2.71. The predicted molar refractivity (Wildman–Crippen MR) is 56.8 cm³/mol. The van der Waals surface area contributed by atoms with Crippen LogP contribution >= 0.6 is 0 Å². The van der Waals surface area contributed by atoms with Crippen molar-refractivity contribution in [1.82, 2.24) is 0 Å². The van der Waals surface area contributed by atoms with Crippen molar-refractivity contribution in [1.29, 1.82) is 0 Å². The van der Waals surface area contributed by atoms with Crippen LogP contribution in [0, 0.1) is 5.92 Å². The van der Waals surface area contributed by atoms with Gasteiger partial charge in [-0.15, -0.1) is 6.58 Å². The second kappa shape index (κ2) is 6.20. The molecule has 1 aliphatic heterocycles. The summed E-state index contributed by atoms with van der Waals surface area (Å²) in [7, 11) is 0. The smallest absolute Gasteiger partial charge is 0.0812 e. The highest BCUT2D eigenvalue weighted by Crippen LogP contribution is 2.26. The summed E-state index contributed by atoms with van der Waals surface area (Å²) in [6, 6.07) is 0. The Morgan fingerprint density at radius 1 is 1.54 bits per heavy atom. The zero-order valence-corrected chi connectivity index (χ0v) is 8.80. The van der Waals surface area contributed by atoms with Gasteiger partial charge in [-0.05, 0) is 18.8 Å². The predicted octanol–water partition coefficient (Wildman–Crippen LogP) is 3.55. The molecule has 13 heavy (non-hydrogen) atoms. The maximum Gasteiger partial charge on any atom is 0.0812 e. The van der Waals surface area contributed by atoms with E-state index in [1.165, 1.54) is 38.5 Å². The molecule has 1 saturated heterocycles. The summed E-state index contributed by atoms with van der Waals surface area (Å²) in [5.74, 6) is 0.830. The number of hydrogen-bond donors (Lipinski definition) is 0. The van der Waals surface area contributed by atoms with Crippen molar-refractivity contribution in [2.24, 2.45) is 5.92 Å². The fourth-order valence-electron chi connectivity index (χ4n) is 1.83. The lowest BCUT2D eigenvalue weighted by molar-refractivity contribution is 0.337. The minimum Gasteiger partial charge on any atom is -0.373 e. The van der Waals surface area contributed by atoms with Crippen molar-refractivity contribution in [2.75, 3.05) is 6.61 Å². The van der Waals surface area contributed by atoms with Gasteiger partial charge in [0.2, 0.25) is 0 Å². The van der Waals surface area contributed by atoms with Gasteiger partial charge >= 0.3 is 0 Å². The van der Waals surface area contributed by atoms with Crippen molar-refractivity contribution < 1.29 is 4.74 Å². The highest BCUT2D eigenvalue weighted by Gasteiger charge is 2.25. The molecule has 0 spiro atoms. The average Bonchev–Trinajstić information content (AvgIpc) is 2.89. The molecule has 1 aliphatic rings. The van der Waals surface area contributed by atoms with Crippen LogP contribution in [-0.2, 0) is 4.74 Å². The molecule has 0 aromatic rings.